The minimum Gasteiger partial charge on any atom is -0.480 e. The van der Waals surface area contributed by atoms with Crippen molar-refractivity contribution in [2.45, 2.75) is 36.8 Å². The molecule has 0 fully saturated rings. The maximum atomic E-state index is 11.0. The number of aryl methyl sites for hydroxylation is 1. The molecule has 3 N–H and O–H groups in total. The number of hydrogen-bond acceptors (Lipinski definition) is 3. The van der Waals surface area contributed by atoms with E-state index in [9.17, 15) is 4.79 Å². The number of rotatable bonds is 5. The van der Waals surface area contributed by atoms with Crippen LogP contribution in [0.4, 0.5) is 5.69 Å². The topological polar surface area (TPSA) is 63.3 Å². The van der Waals surface area contributed by atoms with Gasteiger partial charge < -0.3 is 10.8 Å². The number of carbonyl (C=O) groups is 1. The molecule has 1 atom stereocenters. The lowest BCUT2D eigenvalue weighted by molar-refractivity contribution is -0.136. The Balaban J connectivity index is 2.77. The molecule has 0 radical (unpaired) electrons. The maximum absolute atomic E-state index is 11.0. The third-order valence-electron chi connectivity index (χ3n) is 2.35. The number of benzene rings is 1. The summed E-state index contributed by atoms with van der Waals surface area (Å²) in [7, 11) is 0. The van der Waals surface area contributed by atoms with E-state index >= 15 is 0 Å². The van der Waals surface area contributed by atoms with Crippen molar-refractivity contribution in [2.75, 3.05) is 5.73 Å². The van der Waals surface area contributed by atoms with Crippen LogP contribution < -0.4 is 5.73 Å². The van der Waals surface area contributed by atoms with Gasteiger partial charge in [0.1, 0.15) is 5.25 Å². The first kappa shape index (κ1) is 12.9. The molecule has 1 rings (SSSR count). The Labute approximate surface area is 100 Å². The number of nitrogens with two attached hydrogens (primary N) is 1. The molecule has 4 heteroatoms. The molecule has 3 nitrogen and oxygen atoms in total. The zero-order valence-electron chi connectivity index (χ0n) is 9.56. The van der Waals surface area contributed by atoms with E-state index in [2.05, 4.69) is 0 Å². The molecule has 0 aliphatic heterocycles. The number of hydrogen-bond donors (Lipinski definition) is 2. The summed E-state index contributed by atoms with van der Waals surface area (Å²) in [5.74, 6) is -0.749. The van der Waals surface area contributed by atoms with Crippen molar-refractivity contribution in [3.05, 3.63) is 23.8 Å². The van der Waals surface area contributed by atoms with Gasteiger partial charge >= 0.3 is 5.97 Å². The molecular formula is C12H17NO2S. The smallest absolute Gasteiger partial charge is 0.316 e. The predicted octanol–water partition coefficient (Wildman–Crippen LogP) is 2.92. The van der Waals surface area contributed by atoms with Crippen LogP contribution in [0.5, 0.6) is 0 Å². The van der Waals surface area contributed by atoms with Gasteiger partial charge in [-0.3, -0.25) is 4.79 Å². The van der Waals surface area contributed by atoms with Crippen LogP contribution in [0.1, 0.15) is 25.3 Å². The fourth-order valence-electron chi connectivity index (χ4n) is 1.38. The van der Waals surface area contributed by atoms with Crippen molar-refractivity contribution in [2.24, 2.45) is 0 Å². The van der Waals surface area contributed by atoms with E-state index in [-0.39, 0.29) is 5.25 Å². The van der Waals surface area contributed by atoms with Crippen LogP contribution in [0, 0.1) is 6.92 Å². The lowest BCUT2D eigenvalue weighted by atomic mass is 10.2. The van der Waals surface area contributed by atoms with Gasteiger partial charge in [0, 0.05) is 10.6 Å². The Kier molecular flexibility index (Phi) is 4.68. The van der Waals surface area contributed by atoms with Crippen LogP contribution in [0.2, 0.25) is 0 Å². The van der Waals surface area contributed by atoms with Crippen molar-refractivity contribution >= 4 is 23.4 Å². The Morgan fingerprint density at radius 1 is 1.56 bits per heavy atom. The van der Waals surface area contributed by atoms with Gasteiger partial charge in [-0.1, -0.05) is 13.3 Å². The van der Waals surface area contributed by atoms with E-state index in [0.29, 0.717) is 6.42 Å². The molecule has 0 spiro atoms. The van der Waals surface area contributed by atoms with E-state index in [1.165, 1.54) is 11.8 Å². The van der Waals surface area contributed by atoms with Crippen molar-refractivity contribution < 1.29 is 9.90 Å². The normalized spacial score (nSPS) is 12.4. The van der Waals surface area contributed by atoms with Gasteiger partial charge in [0.15, 0.2) is 0 Å². The maximum Gasteiger partial charge on any atom is 0.316 e. The monoisotopic (exact) mass is 239 g/mol. The van der Waals surface area contributed by atoms with Crippen molar-refractivity contribution in [1.82, 2.24) is 0 Å². The summed E-state index contributed by atoms with van der Waals surface area (Å²) in [6.45, 7) is 3.92. The average Bonchev–Trinajstić information content (AvgIpc) is 2.22. The number of anilines is 1. The zero-order chi connectivity index (χ0) is 12.1. The van der Waals surface area contributed by atoms with Gasteiger partial charge in [-0.15, -0.1) is 11.8 Å². The summed E-state index contributed by atoms with van der Waals surface area (Å²) >= 11 is 1.39. The number of thioether (sulfide) groups is 1. The second-order valence-electron chi connectivity index (χ2n) is 3.75. The number of aliphatic carboxylic acids is 1. The van der Waals surface area contributed by atoms with E-state index < -0.39 is 5.97 Å². The first-order chi connectivity index (χ1) is 7.54. The van der Waals surface area contributed by atoms with Gasteiger partial charge in [-0.25, -0.2) is 0 Å². The highest BCUT2D eigenvalue weighted by molar-refractivity contribution is 8.00. The van der Waals surface area contributed by atoms with Gasteiger partial charge in [-0.05, 0) is 37.1 Å². The van der Waals surface area contributed by atoms with E-state index in [0.717, 1.165) is 22.6 Å². The Bertz CT molecular complexity index is 379. The highest BCUT2D eigenvalue weighted by Crippen LogP contribution is 2.28. The molecule has 88 valence electrons. The standard InChI is InChI=1S/C12H17NO2S/c1-3-4-11(12(14)15)16-9-5-6-10(13)8(2)7-9/h5-7,11H,3-4,13H2,1-2H3,(H,14,15). The molecule has 0 saturated carbocycles. The van der Waals surface area contributed by atoms with Gasteiger partial charge in [0.25, 0.3) is 0 Å². The zero-order valence-corrected chi connectivity index (χ0v) is 10.4. The first-order valence-corrected chi connectivity index (χ1v) is 6.18. The molecule has 16 heavy (non-hydrogen) atoms. The fraction of sp³-hybridized carbons (Fsp3) is 0.417. The minimum absolute atomic E-state index is 0.368. The molecule has 0 amide bonds. The van der Waals surface area contributed by atoms with Crippen LogP contribution in [-0.2, 0) is 4.79 Å². The highest BCUT2D eigenvalue weighted by Gasteiger charge is 2.17. The van der Waals surface area contributed by atoms with Crippen LogP contribution in [0.25, 0.3) is 0 Å². The summed E-state index contributed by atoms with van der Waals surface area (Å²) in [6.07, 6.45) is 1.56. The average molecular weight is 239 g/mol. The third-order valence-corrected chi connectivity index (χ3v) is 3.59. The Morgan fingerprint density at radius 3 is 2.75 bits per heavy atom. The van der Waals surface area contributed by atoms with Crippen LogP contribution in [0.15, 0.2) is 23.1 Å². The van der Waals surface area contributed by atoms with Gasteiger partial charge in [-0.2, -0.15) is 0 Å². The summed E-state index contributed by atoms with van der Waals surface area (Å²) in [6, 6.07) is 5.63. The van der Waals surface area contributed by atoms with Crippen LogP contribution >= 0.6 is 11.8 Å². The SMILES string of the molecule is CCCC(Sc1ccc(N)c(C)c1)C(=O)O. The molecule has 0 aliphatic carbocycles. The third kappa shape index (κ3) is 3.45. The summed E-state index contributed by atoms with van der Waals surface area (Å²) in [4.78, 5) is 12.0. The molecule has 1 aromatic rings. The molecule has 0 bridgehead atoms. The number of nitrogen functional groups attached to an aromatic ring is 1. The highest BCUT2D eigenvalue weighted by atomic mass is 32.2. The Morgan fingerprint density at radius 2 is 2.25 bits per heavy atom. The number of carboxylic acid groups (broad SMARTS) is 1. The van der Waals surface area contributed by atoms with E-state index in [1.807, 2.05) is 32.0 Å². The van der Waals surface area contributed by atoms with Gasteiger partial charge in [0.2, 0.25) is 0 Å². The predicted molar refractivity (Wildman–Crippen MR) is 67.8 cm³/mol. The second kappa shape index (κ2) is 5.80. The molecule has 1 aromatic carbocycles. The summed E-state index contributed by atoms with van der Waals surface area (Å²) in [5.41, 5.74) is 7.45. The molecule has 0 aromatic heterocycles. The van der Waals surface area contributed by atoms with E-state index in [1.54, 1.807) is 0 Å². The largest absolute Gasteiger partial charge is 0.480 e. The lowest BCUT2D eigenvalue weighted by Crippen LogP contribution is -2.15. The van der Waals surface area contributed by atoms with Crippen molar-refractivity contribution in [1.29, 1.82) is 0 Å². The Hall–Kier alpha value is -1.16. The fourth-order valence-corrected chi connectivity index (χ4v) is 2.56. The molecule has 1 unspecified atom stereocenters. The minimum atomic E-state index is -0.749. The van der Waals surface area contributed by atoms with Gasteiger partial charge in [0.05, 0.1) is 0 Å². The summed E-state index contributed by atoms with van der Waals surface area (Å²) in [5, 5.41) is 8.68. The van der Waals surface area contributed by atoms with Crippen molar-refractivity contribution in [3.63, 3.8) is 0 Å². The van der Waals surface area contributed by atoms with Crippen LogP contribution in [0.3, 0.4) is 0 Å². The quantitative estimate of drug-likeness (QED) is 0.612. The number of carboxylic acids is 1. The molecular weight excluding hydrogens is 222 g/mol. The second-order valence-corrected chi connectivity index (χ2v) is 5.03. The van der Waals surface area contributed by atoms with E-state index in [4.69, 9.17) is 10.8 Å². The summed E-state index contributed by atoms with van der Waals surface area (Å²) < 4.78 is 0. The molecule has 0 saturated heterocycles. The lowest BCUT2D eigenvalue weighted by Gasteiger charge is -2.11. The molecule has 0 aliphatic rings. The van der Waals surface area contributed by atoms with Crippen LogP contribution in [-0.4, -0.2) is 16.3 Å². The van der Waals surface area contributed by atoms with Crippen molar-refractivity contribution in [3.8, 4) is 0 Å². The molecule has 0 heterocycles. The first-order valence-electron chi connectivity index (χ1n) is 5.30.